The van der Waals surface area contributed by atoms with Crippen LogP contribution in [0.3, 0.4) is 0 Å². The minimum atomic E-state index is -0.0500. The van der Waals surface area contributed by atoms with Gasteiger partial charge in [0.05, 0.1) is 5.57 Å². The van der Waals surface area contributed by atoms with Gasteiger partial charge in [0.25, 0.3) is 0 Å². The molecule has 2 saturated carbocycles. The summed E-state index contributed by atoms with van der Waals surface area (Å²) in [5, 5.41) is 29.1. The second kappa shape index (κ2) is 8.84. The summed E-state index contributed by atoms with van der Waals surface area (Å²) < 4.78 is 0. The molecule has 4 nitrogen and oxygen atoms in total. The van der Waals surface area contributed by atoms with Gasteiger partial charge in [-0.3, -0.25) is 0 Å². The highest BCUT2D eigenvalue weighted by atomic mass is 15.2. The van der Waals surface area contributed by atoms with Crippen LogP contribution in [-0.2, 0) is 0 Å². The molecular formula is C24H32N4. The second-order valence-electron chi connectivity index (χ2n) is 9.52. The third-order valence-corrected chi connectivity index (χ3v) is 6.78. The van der Waals surface area contributed by atoms with E-state index in [9.17, 15) is 15.8 Å². The highest BCUT2D eigenvalue weighted by Crippen LogP contribution is 2.46. The van der Waals surface area contributed by atoms with Crippen LogP contribution in [0.5, 0.6) is 0 Å². The summed E-state index contributed by atoms with van der Waals surface area (Å²) in [6, 6.07) is 7.54. The fourth-order valence-corrected chi connectivity index (χ4v) is 5.53. The van der Waals surface area contributed by atoms with Crippen LogP contribution in [0.2, 0.25) is 0 Å². The van der Waals surface area contributed by atoms with Gasteiger partial charge in [0.2, 0.25) is 0 Å². The van der Waals surface area contributed by atoms with Gasteiger partial charge >= 0.3 is 0 Å². The second-order valence-corrected chi connectivity index (χ2v) is 9.52. The molecule has 28 heavy (non-hydrogen) atoms. The summed E-state index contributed by atoms with van der Waals surface area (Å²) in [4.78, 5) is 2.62. The van der Waals surface area contributed by atoms with Crippen LogP contribution in [0.25, 0.3) is 0 Å². The van der Waals surface area contributed by atoms with Gasteiger partial charge in [-0.05, 0) is 43.9 Å². The van der Waals surface area contributed by atoms with Gasteiger partial charge in [-0.1, -0.05) is 52.4 Å². The molecule has 148 valence electrons. The maximum atomic E-state index is 10.1. The average Bonchev–Trinajstić information content (AvgIpc) is 2.70. The molecule has 0 spiro atoms. The first-order valence-corrected chi connectivity index (χ1v) is 11.0. The maximum Gasteiger partial charge on any atom is 0.134 e. The van der Waals surface area contributed by atoms with E-state index >= 15 is 0 Å². The molecule has 3 rings (SSSR count). The van der Waals surface area contributed by atoms with Crippen molar-refractivity contribution in [2.24, 2.45) is 5.41 Å². The molecule has 0 bridgehead atoms. The molecule has 0 aromatic rings. The molecule has 0 aromatic heterocycles. The number of nitriles is 3. The first kappa shape index (κ1) is 20.5. The zero-order chi connectivity index (χ0) is 20.1. The summed E-state index contributed by atoms with van der Waals surface area (Å²) in [7, 11) is 0. The van der Waals surface area contributed by atoms with Gasteiger partial charge in [-0.15, -0.1) is 0 Å². The number of hydrogen-bond acceptors (Lipinski definition) is 4. The number of nitrogens with zero attached hydrogens (tertiary/aromatic N) is 4. The van der Waals surface area contributed by atoms with Gasteiger partial charge in [0.1, 0.15) is 23.8 Å². The normalized spacial score (nSPS) is 23.5. The first-order valence-electron chi connectivity index (χ1n) is 11.0. The van der Waals surface area contributed by atoms with Crippen molar-refractivity contribution >= 4 is 0 Å². The Kier molecular flexibility index (Phi) is 6.46. The van der Waals surface area contributed by atoms with Crippen molar-refractivity contribution in [3.63, 3.8) is 0 Å². The van der Waals surface area contributed by atoms with Crippen molar-refractivity contribution in [3.8, 4) is 18.2 Å². The molecule has 3 aliphatic rings. The highest BCUT2D eigenvalue weighted by molar-refractivity contribution is 5.57. The molecular weight excluding hydrogens is 344 g/mol. The lowest BCUT2D eigenvalue weighted by Crippen LogP contribution is -2.46. The zero-order valence-corrected chi connectivity index (χ0v) is 17.4. The molecule has 0 heterocycles. The summed E-state index contributed by atoms with van der Waals surface area (Å²) in [5.74, 6) is 0. The molecule has 0 aliphatic heterocycles. The predicted octanol–water partition coefficient (Wildman–Crippen LogP) is 5.90. The Morgan fingerprint density at radius 3 is 1.75 bits per heavy atom. The summed E-state index contributed by atoms with van der Waals surface area (Å²) in [6.07, 6.45) is 13.9. The van der Waals surface area contributed by atoms with Crippen LogP contribution in [-0.4, -0.2) is 17.0 Å². The van der Waals surface area contributed by atoms with E-state index in [0.717, 1.165) is 12.1 Å². The van der Waals surface area contributed by atoms with Gasteiger partial charge in [-0.25, -0.2) is 0 Å². The molecule has 0 saturated heterocycles. The monoisotopic (exact) mass is 376 g/mol. The quantitative estimate of drug-likeness (QED) is 0.575. The Hall–Kier alpha value is -2.25. The number of rotatable bonds is 3. The van der Waals surface area contributed by atoms with Crippen LogP contribution in [0.1, 0.15) is 90.9 Å². The van der Waals surface area contributed by atoms with E-state index in [-0.39, 0.29) is 11.0 Å². The Morgan fingerprint density at radius 2 is 1.32 bits per heavy atom. The van der Waals surface area contributed by atoms with E-state index < -0.39 is 0 Å². The Morgan fingerprint density at radius 1 is 0.821 bits per heavy atom. The van der Waals surface area contributed by atoms with Crippen LogP contribution in [0.4, 0.5) is 0 Å². The topological polar surface area (TPSA) is 74.6 Å². The summed E-state index contributed by atoms with van der Waals surface area (Å²) in [5.41, 5.74) is 2.49. The Bertz CT molecular complexity index is 735. The maximum absolute atomic E-state index is 10.1. The fourth-order valence-electron chi connectivity index (χ4n) is 5.53. The molecule has 0 radical (unpaired) electrons. The SMILES string of the molecule is CC1(C)CC(=C(C#N)C#N)C(C#N)=C(N(C2CCCCC2)C2CCCCC2)C1. The molecule has 0 amide bonds. The highest BCUT2D eigenvalue weighted by Gasteiger charge is 2.39. The van der Waals surface area contributed by atoms with Crippen molar-refractivity contribution in [1.82, 2.24) is 4.90 Å². The fraction of sp³-hybridized carbons (Fsp3) is 0.708. The third-order valence-electron chi connectivity index (χ3n) is 6.78. The van der Waals surface area contributed by atoms with E-state index in [1.807, 2.05) is 0 Å². The lowest BCUT2D eigenvalue weighted by atomic mass is 9.71. The lowest BCUT2D eigenvalue weighted by molar-refractivity contribution is 0.102. The predicted molar refractivity (Wildman–Crippen MR) is 109 cm³/mol. The lowest BCUT2D eigenvalue weighted by Gasteiger charge is -2.48. The number of hydrogen-bond donors (Lipinski definition) is 0. The van der Waals surface area contributed by atoms with Crippen molar-refractivity contribution < 1.29 is 0 Å². The minimum absolute atomic E-state index is 0.0500. The molecule has 0 atom stereocenters. The first-order chi connectivity index (χ1) is 13.5. The molecule has 0 N–H and O–H groups in total. The van der Waals surface area contributed by atoms with Crippen LogP contribution < -0.4 is 0 Å². The van der Waals surface area contributed by atoms with Crippen LogP contribution in [0.15, 0.2) is 22.4 Å². The minimum Gasteiger partial charge on any atom is -0.368 e. The molecule has 3 aliphatic carbocycles. The van der Waals surface area contributed by atoms with Gasteiger partial charge in [0, 0.05) is 23.4 Å². The van der Waals surface area contributed by atoms with E-state index in [1.165, 1.54) is 64.2 Å². The standard InChI is InChI=1S/C24H32N4/c1-24(2)13-21(18(15-25)16-26)22(17-27)23(14-24)28(19-9-5-3-6-10-19)20-11-7-4-8-12-20/h19-20H,3-14H2,1-2H3. The summed E-state index contributed by atoms with van der Waals surface area (Å²) in [6.45, 7) is 4.40. The van der Waals surface area contributed by atoms with Crippen LogP contribution in [0, 0.1) is 39.4 Å². The van der Waals surface area contributed by atoms with Gasteiger partial charge in [-0.2, -0.15) is 15.8 Å². The van der Waals surface area contributed by atoms with Crippen molar-refractivity contribution in [3.05, 3.63) is 22.4 Å². The third kappa shape index (κ3) is 4.25. The largest absolute Gasteiger partial charge is 0.368 e. The smallest absolute Gasteiger partial charge is 0.134 e. The van der Waals surface area contributed by atoms with Gasteiger partial charge in [0.15, 0.2) is 0 Å². The zero-order valence-electron chi connectivity index (χ0n) is 17.4. The van der Waals surface area contributed by atoms with E-state index in [1.54, 1.807) is 0 Å². The van der Waals surface area contributed by atoms with Gasteiger partial charge < -0.3 is 4.90 Å². The van der Waals surface area contributed by atoms with Crippen molar-refractivity contribution in [2.75, 3.05) is 0 Å². The molecule has 4 heteroatoms. The Labute approximate surface area is 170 Å². The Balaban J connectivity index is 2.14. The molecule has 2 fully saturated rings. The van der Waals surface area contributed by atoms with E-state index in [4.69, 9.17) is 0 Å². The molecule has 0 aromatic carbocycles. The molecule has 0 unspecified atom stereocenters. The van der Waals surface area contributed by atoms with E-state index in [2.05, 4.69) is 37.0 Å². The van der Waals surface area contributed by atoms with Crippen molar-refractivity contribution in [2.45, 2.75) is 103 Å². The van der Waals surface area contributed by atoms with Crippen molar-refractivity contribution in [1.29, 1.82) is 15.8 Å². The number of allylic oxidation sites excluding steroid dienone is 4. The van der Waals surface area contributed by atoms with E-state index in [0.29, 0.717) is 29.7 Å². The summed E-state index contributed by atoms with van der Waals surface area (Å²) >= 11 is 0. The average molecular weight is 377 g/mol. The van der Waals surface area contributed by atoms with Crippen LogP contribution >= 0.6 is 0 Å².